The number of carbonyl (C=O) groups excluding carboxylic acids is 1. The molecule has 1 aromatic heterocycles. The van der Waals surface area contributed by atoms with Crippen molar-refractivity contribution in [2.75, 3.05) is 38.7 Å². The van der Waals surface area contributed by atoms with Gasteiger partial charge in [0.1, 0.15) is 17.5 Å². The summed E-state index contributed by atoms with van der Waals surface area (Å²) in [6.45, 7) is 1.34. The Morgan fingerprint density at radius 2 is 1.84 bits per heavy atom. The summed E-state index contributed by atoms with van der Waals surface area (Å²) in [6, 6.07) is 0.960. The molecule has 2 aromatic rings. The van der Waals surface area contributed by atoms with Gasteiger partial charge in [-0.1, -0.05) is 0 Å². The molecule has 1 fully saturated rings. The summed E-state index contributed by atoms with van der Waals surface area (Å²) in [5.74, 6) is -7.29. The molecule has 0 radical (unpaired) electrons. The van der Waals surface area contributed by atoms with Crippen LogP contribution in [0.3, 0.4) is 0 Å². The number of aryl methyl sites for hydroxylation is 1. The van der Waals surface area contributed by atoms with E-state index in [2.05, 4.69) is 15.3 Å². The van der Waals surface area contributed by atoms with Crippen molar-refractivity contribution in [1.29, 1.82) is 5.41 Å². The number of guanidine groups is 1. The Morgan fingerprint density at radius 3 is 2.45 bits per heavy atom. The third kappa shape index (κ3) is 4.37. The number of halogens is 4. The largest absolute Gasteiger partial charge is 0.479 e. The minimum Gasteiger partial charge on any atom is -0.479 e. The van der Waals surface area contributed by atoms with Crippen molar-refractivity contribution in [1.82, 2.24) is 20.2 Å². The first-order valence-corrected chi connectivity index (χ1v) is 9.21. The number of methoxy groups -OCH3 is 1. The second-order valence-corrected chi connectivity index (χ2v) is 6.89. The molecule has 0 spiro atoms. The summed E-state index contributed by atoms with van der Waals surface area (Å²) in [5, 5.41) is 10.7. The van der Waals surface area contributed by atoms with Crippen LogP contribution < -0.4 is 15.0 Å². The average molecular weight is 440 g/mol. The average Bonchev–Trinajstić information content (AvgIpc) is 2.75. The number of nitrogens with zero attached hydrogens (tertiary/aromatic N) is 4. The zero-order valence-corrected chi connectivity index (χ0v) is 17.0. The number of amides is 1. The zero-order chi connectivity index (χ0) is 22.9. The van der Waals surface area contributed by atoms with Crippen LogP contribution in [0.1, 0.15) is 17.2 Å². The van der Waals surface area contributed by atoms with Crippen LogP contribution in [0.4, 0.5) is 23.5 Å². The number of anilines is 1. The van der Waals surface area contributed by atoms with Crippen molar-refractivity contribution in [2.45, 2.75) is 12.8 Å². The van der Waals surface area contributed by atoms with E-state index in [-0.39, 0.29) is 43.1 Å². The molecule has 1 saturated heterocycles. The maximum Gasteiger partial charge on any atom is 0.255 e. The molecule has 166 valence electrons. The van der Waals surface area contributed by atoms with Gasteiger partial charge in [-0.25, -0.2) is 18.2 Å². The van der Waals surface area contributed by atoms with Crippen molar-refractivity contribution in [3.05, 3.63) is 46.7 Å². The maximum absolute atomic E-state index is 14.6. The number of aromatic nitrogens is 2. The zero-order valence-electron chi connectivity index (χ0n) is 17.0. The highest BCUT2D eigenvalue weighted by Gasteiger charge is 2.35. The van der Waals surface area contributed by atoms with Gasteiger partial charge in [-0.3, -0.25) is 15.1 Å². The highest BCUT2D eigenvalue weighted by Crippen LogP contribution is 2.29. The first-order valence-electron chi connectivity index (χ1n) is 9.21. The molecule has 0 aliphatic carbocycles. The molecule has 1 aliphatic heterocycles. The van der Waals surface area contributed by atoms with Crippen molar-refractivity contribution in [3.63, 3.8) is 0 Å². The molecule has 1 aromatic carbocycles. The standard InChI is InChI=1S/C19H20F4N6O2/c1-9-15(23)16(31-3)27-19(26-9)29-5-4-25-18(24)28(2)17(30)11(8-29)14-12(21)6-10(20)7-13(14)22/h6-7,11H,4-5,8H2,1-3H3,(H2,24,25)/t11-/m1/s1. The summed E-state index contributed by atoms with van der Waals surface area (Å²) < 4.78 is 61.6. The first-order chi connectivity index (χ1) is 14.6. The lowest BCUT2D eigenvalue weighted by Gasteiger charge is -2.28. The number of nitrogens with one attached hydrogen (secondary N) is 2. The van der Waals surface area contributed by atoms with Crippen molar-refractivity contribution >= 4 is 17.8 Å². The van der Waals surface area contributed by atoms with Crippen LogP contribution in [0.2, 0.25) is 0 Å². The fraction of sp³-hybridized carbons (Fsp3) is 0.368. The molecule has 1 aliphatic rings. The Bertz CT molecular complexity index is 1010. The molecule has 0 saturated carbocycles. The lowest BCUT2D eigenvalue weighted by molar-refractivity contribution is -0.128. The van der Waals surface area contributed by atoms with E-state index in [1.54, 1.807) is 0 Å². The molecule has 3 rings (SSSR count). The molecule has 1 amide bonds. The smallest absolute Gasteiger partial charge is 0.255 e. The summed E-state index contributed by atoms with van der Waals surface area (Å²) in [5.41, 5.74) is -0.676. The minimum absolute atomic E-state index is 0.0263. The number of ether oxygens (including phenoxy) is 1. The Balaban J connectivity index is 2.12. The quantitative estimate of drug-likeness (QED) is 0.709. The Hall–Kier alpha value is -3.44. The van der Waals surface area contributed by atoms with Crippen LogP contribution in [0.25, 0.3) is 0 Å². The molecule has 1 atom stereocenters. The van der Waals surface area contributed by atoms with Gasteiger partial charge in [-0.2, -0.15) is 9.37 Å². The lowest BCUT2D eigenvalue weighted by atomic mass is 9.95. The van der Waals surface area contributed by atoms with Crippen LogP contribution in [0.5, 0.6) is 5.88 Å². The number of rotatable bonds is 3. The topological polar surface area (TPSA) is 94.4 Å². The van der Waals surface area contributed by atoms with E-state index in [1.165, 1.54) is 26.0 Å². The summed E-state index contributed by atoms with van der Waals surface area (Å²) in [4.78, 5) is 23.4. The van der Waals surface area contributed by atoms with E-state index >= 15 is 0 Å². The van der Waals surface area contributed by atoms with E-state index in [0.717, 1.165) is 4.90 Å². The van der Waals surface area contributed by atoms with Crippen molar-refractivity contribution in [2.24, 2.45) is 0 Å². The molecule has 12 heteroatoms. The minimum atomic E-state index is -1.47. The second kappa shape index (κ2) is 8.74. The van der Waals surface area contributed by atoms with E-state index in [9.17, 15) is 22.4 Å². The van der Waals surface area contributed by atoms with Crippen molar-refractivity contribution in [3.8, 4) is 5.88 Å². The normalized spacial score (nSPS) is 17.7. The molecule has 0 bridgehead atoms. The lowest BCUT2D eigenvalue weighted by Crippen LogP contribution is -2.44. The summed E-state index contributed by atoms with van der Waals surface area (Å²) in [7, 11) is 2.50. The third-order valence-electron chi connectivity index (χ3n) is 4.88. The predicted octanol–water partition coefficient (Wildman–Crippen LogP) is 1.94. The van der Waals surface area contributed by atoms with Gasteiger partial charge in [-0.15, -0.1) is 0 Å². The SMILES string of the molecule is COc1nc(N2CCNC(=N)N(C)C(=O)[C@@H](c3c(F)cc(F)cc3F)C2)nc(C)c1F. The molecule has 2 heterocycles. The van der Waals surface area contributed by atoms with Crippen LogP contribution in [-0.2, 0) is 4.79 Å². The van der Waals surface area contributed by atoms with Gasteiger partial charge in [0.25, 0.3) is 5.88 Å². The number of hydrogen-bond acceptors (Lipinski definition) is 6. The van der Waals surface area contributed by atoms with Crippen LogP contribution in [0, 0.1) is 35.6 Å². The number of hydrogen-bond donors (Lipinski definition) is 2. The van der Waals surface area contributed by atoms with Gasteiger partial charge in [0.05, 0.1) is 18.7 Å². The number of likely N-dealkylation sites (N-methyl/N-ethyl adjacent to an activating group) is 1. The first kappa shape index (κ1) is 22.2. The monoisotopic (exact) mass is 440 g/mol. The molecule has 31 heavy (non-hydrogen) atoms. The van der Waals surface area contributed by atoms with Crippen LogP contribution in [-0.4, -0.2) is 60.5 Å². The summed E-state index contributed by atoms with van der Waals surface area (Å²) in [6.07, 6.45) is 0. The van der Waals surface area contributed by atoms with E-state index in [4.69, 9.17) is 10.1 Å². The highest BCUT2D eigenvalue weighted by atomic mass is 19.1. The van der Waals surface area contributed by atoms with Crippen molar-refractivity contribution < 1.29 is 27.1 Å². The highest BCUT2D eigenvalue weighted by molar-refractivity contribution is 5.99. The maximum atomic E-state index is 14.6. The van der Waals surface area contributed by atoms with Gasteiger partial charge in [0.2, 0.25) is 17.7 Å². The Morgan fingerprint density at radius 1 is 1.19 bits per heavy atom. The van der Waals surface area contributed by atoms with Gasteiger partial charge >= 0.3 is 0 Å². The molecular weight excluding hydrogens is 420 g/mol. The fourth-order valence-corrected chi connectivity index (χ4v) is 3.24. The van der Waals surface area contributed by atoms with E-state index in [0.29, 0.717) is 12.1 Å². The van der Waals surface area contributed by atoms with E-state index < -0.39 is 40.7 Å². The third-order valence-corrected chi connectivity index (χ3v) is 4.88. The van der Waals surface area contributed by atoms with Gasteiger partial charge in [-0.05, 0) is 6.92 Å². The predicted molar refractivity (Wildman–Crippen MR) is 103 cm³/mol. The number of benzene rings is 1. The van der Waals surface area contributed by atoms with Gasteiger partial charge in [0.15, 0.2) is 5.96 Å². The van der Waals surface area contributed by atoms with Crippen LogP contribution >= 0.6 is 0 Å². The molecule has 0 unspecified atom stereocenters. The Kier molecular flexibility index (Phi) is 6.27. The summed E-state index contributed by atoms with van der Waals surface area (Å²) >= 11 is 0. The second-order valence-electron chi connectivity index (χ2n) is 6.89. The van der Waals surface area contributed by atoms with Gasteiger partial charge < -0.3 is 15.0 Å². The Labute approximate surface area is 175 Å². The molecule has 2 N–H and O–H groups in total. The van der Waals surface area contributed by atoms with E-state index in [1.807, 2.05) is 0 Å². The fourth-order valence-electron chi connectivity index (χ4n) is 3.24. The molecule has 8 nitrogen and oxygen atoms in total. The molecular formula is C19H20F4N6O2. The van der Waals surface area contributed by atoms with Crippen LogP contribution in [0.15, 0.2) is 12.1 Å². The van der Waals surface area contributed by atoms with Gasteiger partial charge in [0, 0.05) is 44.4 Å². The number of carbonyl (C=O) groups is 1.